The van der Waals surface area contributed by atoms with Crippen LogP contribution in [0.4, 0.5) is 0 Å². The van der Waals surface area contributed by atoms with Gasteiger partial charge >= 0.3 is 11.9 Å². The maximum atomic E-state index is 13.0. The van der Waals surface area contributed by atoms with E-state index in [9.17, 15) is 9.59 Å². The first kappa shape index (κ1) is 37.1. The predicted molar refractivity (Wildman–Crippen MR) is 179 cm³/mol. The van der Waals surface area contributed by atoms with Gasteiger partial charge < -0.3 is 23.1 Å². The van der Waals surface area contributed by atoms with Gasteiger partial charge in [0.05, 0.1) is 20.1 Å². The quantitative estimate of drug-likeness (QED) is 0.0875. The molecule has 0 bridgehead atoms. The lowest BCUT2D eigenvalue weighted by molar-refractivity contribution is -0.144. The molecule has 0 spiro atoms. The first-order valence-electron chi connectivity index (χ1n) is 15.7. The molecule has 43 heavy (non-hydrogen) atoms. The smallest absolute Gasteiger partial charge is 0.342 e. The van der Waals surface area contributed by atoms with Crippen LogP contribution in [0.1, 0.15) is 102 Å². The van der Waals surface area contributed by atoms with E-state index in [0.717, 1.165) is 40.9 Å². The average molecular weight is 635 g/mol. The number of carbonyl (C=O) groups excluding carboxylic acids is 2. The van der Waals surface area contributed by atoms with Crippen molar-refractivity contribution in [2.45, 2.75) is 131 Å². The number of allylic oxidation sites excluding steroid dienone is 2. The molecule has 0 saturated heterocycles. The van der Waals surface area contributed by atoms with Gasteiger partial charge in [-0.3, -0.25) is 4.79 Å². The third-order valence-electron chi connectivity index (χ3n) is 9.75. The van der Waals surface area contributed by atoms with Gasteiger partial charge in [0.25, 0.3) is 8.32 Å². The van der Waals surface area contributed by atoms with Crippen LogP contribution < -0.4 is 9.16 Å². The number of methoxy groups -OCH3 is 1. The molecular weight excluding hydrogens is 577 g/mol. The summed E-state index contributed by atoms with van der Waals surface area (Å²) in [4.78, 5) is 25.6. The summed E-state index contributed by atoms with van der Waals surface area (Å²) in [6.45, 7) is 29.3. The van der Waals surface area contributed by atoms with Crippen LogP contribution >= 0.6 is 0 Å². The van der Waals surface area contributed by atoms with Gasteiger partial charge in [-0.05, 0) is 87.8 Å². The number of ether oxygens (including phenoxy) is 3. The maximum Gasteiger partial charge on any atom is 0.342 e. The van der Waals surface area contributed by atoms with Crippen LogP contribution in [-0.4, -0.2) is 48.9 Å². The molecule has 7 nitrogen and oxygen atoms in total. The number of cyclic esters (lactones) is 1. The Balaban J connectivity index is 2.47. The van der Waals surface area contributed by atoms with Gasteiger partial charge in [0.2, 0.25) is 0 Å². The molecule has 2 rings (SSSR count). The molecule has 0 N–H and O–H groups in total. The van der Waals surface area contributed by atoms with E-state index in [0.29, 0.717) is 37.4 Å². The molecule has 0 aliphatic carbocycles. The lowest BCUT2D eigenvalue weighted by atomic mass is 9.89. The highest BCUT2D eigenvalue weighted by Crippen LogP contribution is 2.46. The second-order valence-electron chi connectivity index (χ2n) is 14.9. The third-order valence-corrected chi connectivity index (χ3v) is 18.6. The fraction of sp³-hybridized carbons (Fsp3) is 0.706. The number of hydrogen-bond acceptors (Lipinski definition) is 7. The molecule has 1 atom stereocenters. The minimum Gasteiger partial charge on any atom is -0.543 e. The van der Waals surface area contributed by atoms with Crippen molar-refractivity contribution in [3.63, 3.8) is 0 Å². The summed E-state index contributed by atoms with van der Waals surface area (Å²) in [6.07, 6.45) is 4.64. The van der Waals surface area contributed by atoms with Crippen molar-refractivity contribution in [1.82, 2.24) is 0 Å². The van der Waals surface area contributed by atoms with Gasteiger partial charge in [-0.15, -0.1) is 0 Å². The summed E-state index contributed by atoms with van der Waals surface area (Å²) < 4.78 is 30.1. The summed E-state index contributed by atoms with van der Waals surface area (Å²) in [5, 5.41) is 0.0809. The minimum absolute atomic E-state index is 0.0123. The van der Waals surface area contributed by atoms with Crippen LogP contribution in [0, 0.1) is 12.8 Å². The average Bonchev–Trinajstić information content (AvgIpc) is 3.26. The maximum absolute atomic E-state index is 13.0. The SMILES string of the molecule is CCOC(=O)CC(CCCO[Si](C)(C)C(C)(C)C)C(C)=CCc1c(OC)c(C)c2c(c1O[Si](C)(C)C(C)(C)C)C(=O)OC2. The molecule has 0 amide bonds. The van der Waals surface area contributed by atoms with Crippen molar-refractivity contribution >= 4 is 28.6 Å². The summed E-state index contributed by atoms with van der Waals surface area (Å²) in [7, 11) is -2.50. The van der Waals surface area contributed by atoms with Gasteiger partial charge in [-0.25, -0.2) is 4.79 Å². The van der Waals surface area contributed by atoms with Crippen molar-refractivity contribution in [1.29, 1.82) is 0 Å². The van der Waals surface area contributed by atoms with Crippen molar-refractivity contribution in [2.75, 3.05) is 20.3 Å². The van der Waals surface area contributed by atoms with E-state index in [4.69, 9.17) is 23.1 Å². The van der Waals surface area contributed by atoms with E-state index >= 15 is 0 Å². The van der Waals surface area contributed by atoms with Crippen LogP contribution in [0.2, 0.25) is 36.3 Å². The Hall–Kier alpha value is -2.11. The Morgan fingerprint density at radius 2 is 1.63 bits per heavy atom. The topological polar surface area (TPSA) is 80.3 Å². The van der Waals surface area contributed by atoms with Crippen molar-refractivity contribution in [3.05, 3.63) is 33.9 Å². The number of hydrogen-bond donors (Lipinski definition) is 0. The molecule has 0 aromatic heterocycles. The van der Waals surface area contributed by atoms with E-state index in [2.05, 4.69) is 80.7 Å². The Labute approximate surface area is 263 Å². The van der Waals surface area contributed by atoms with Gasteiger partial charge in [0.1, 0.15) is 23.7 Å². The second-order valence-corrected chi connectivity index (χ2v) is 24.4. The lowest BCUT2D eigenvalue weighted by Crippen LogP contribution is -2.44. The highest BCUT2D eigenvalue weighted by atomic mass is 28.4. The standard InChI is InChI=1S/C34H58O7Si2/c1-15-38-28(35)21-25(17-16-20-40-42(11,12)33(4,5)6)23(2)18-19-26-30(37-10)24(3)27-22-39-32(36)29(27)31(26)41-43(13,14)34(7,8)9/h18,25H,15-17,19-22H2,1-14H3. The van der Waals surface area contributed by atoms with E-state index in [-0.39, 0.29) is 34.5 Å². The zero-order valence-electron chi connectivity index (χ0n) is 29.5. The molecular formula is C34H58O7Si2. The number of carbonyl (C=O) groups is 2. The molecule has 1 aliphatic rings. The first-order valence-corrected chi connectivity index (χ1v) is 21.5. The number of benzene rings is 1. The summed E-state index contributed by atoms with van der Waals surface area (Å²) in [6, 6.07) is 0. The normalized spacial score (nSPS) is 15.2. The second kappa shape index (κ2) is 14.3. The van der Waals surface area contributed by atoms with Crippen LogP contribution in [0.25, 0.3) is 0 Å². The van der Waals surface area contributed by atoms with E-state index in [1.54, 1.807) is 7.11 Å². The first-order chi connectivity index (χ1) is 19.7. The van der Waals surface area contributed by atoms with Crippen LogP contribution in [-0.2, 0) is 31.7 Å². The van der Waals surface area contributed by atoms with E-state index in [1.807, 2.05) is 13.8 Å². The Kier molecular flexibility index (Phi) is 12.4. The minimum atomic E-state index is -2.32. The summed E-state index contributed by atoms with van der Waals surface area (Å²) in [5.74, 6) is 0.776. The fourth-order valence-electron chi connectivity index (χ4n) is 4.75. The van der Waals surface area contributed by atoms with Crippen LogP contribution in [0.15, 0.2) is 11.6 Å². The van der Waals surface area contributed by atoms with Crippen molar-refractivity contribution in [3.8, 4) is 11.5 Å². The van der Waals surface area contributed by atoms with Crippen LogP contribution in [0.3, 0.4) is 0 Å². The van der Waals surface area contributed by atoms with Gasteiger partial charge in [-0.2, -0.15) is 0 Å². The highest BCUT2D eigenvalue weighted by molar-refractivity contribution is 6.75. The zero-order valence-corrected chi connectivity index (χ0v) is 31.5. The van der Waals surface area contributed by atoms with Gasteiger partial charge in [-0.1, -0.05) is 53.2 Å². The molecule has 1 aromatic carbocycles. The molecule has 244 valence electrons. The molecule has 1 heterocycles. The van der Waals surface area contributed by atoms with E-state index in [1.165, 1.54) is 0 Å². The van der Waals surface area contributed by atoms with Gasteiger partial charge in [0, 0.05) is 17.7 Å². The number of esters is 2. The molecule has 1 aromatic rings. The third kappa shape index (κ3) is 8.97. The Bertz CT molecular complexity index is 1190. The van der Waals surface area contributed by atoms with E-state index < -0.39 is 16.6 Å². The number of rotatable bonds is 14. The summed E-state index contributed by atoms with van der Waals surface area (Å²) in [5.41, 5.74) is 4.20. The zero-order chi connectivity index (χ0) is 33.0. The molecule has 1 unspecified atom stereocenters. The molecule has 0 saturated carbocycles. The van der Waals surface area contributed by atoms with Crippen molar-refractivity contribution in [2.24, 2.45) is 5.92 Å². The monoisotopic (exact) mass is 634 g/mol. The van der Waals surface area contributed by atoms with Crippen LogP contribution in [0.5, 0.6) is 11.5 Å². The molecule has 0 fully saturated rings. The molecule has 9 heteroatoms. The Morgan fingerprint density at radius 1 is 1.02 bits per heavy atom. The highest BCUT2D eigenvalue weighted by Gasteiger charge is 2.42. The largest absolute Gasteiger partial charge is 0.543 e. The number of fused-ring (bicyclic) bond motifs is 1. The van der Waals surface area contributed by atoms with Crippen molar-refractivity contribution < 1.29 is 32.7 Å². The predicted octanol–water partition coefficient (Wildman–Crippen LogP) is 8.92. The molecule has 1 aliphatic heterocycles. The van der Waals surface area contributed by atoms with Gasteiger partial charge in [0.15, 0.2) is 8.32 Å². The Morgan fingerprint density at radius 3 is 2.16 bits per heavy atom. The summed E-state index contributed by atoms with van der Waals surface area (Å²) >= 11 is 0. The lowest BCUT2D eigenvalue weighted by Gasteiger charge is -2.37. The fourth-order valence-corrected chi connectivity index (χ4v) is 6.88. The molecule has 0 radical (unpaired) electrons.